The Balaban J connectivity index is 2.04. The summed E-state index contributed by atoms with van der Waals surface area (Å²) < 4.78 is 10.2. The van der Waals surface area contributed by atoms with Gasteiger partial charge in [0.05, 0.1) is 13.2 Å². The molecule has 1 aromatic carbocycles. The standard InChI is InChI=1S/C19H28O3/c1-16(2)8-7-9-17(3)12-14-21-19(20)22-15-13-18-10-5-4-6-11-18/h4-6,8,10-11,17H,7,9,12-15H2,1-3H3. The van der Waals surface area contributed by atoms with Gasteiger partial charge in [-0.15, -0.1) is 0 Å². The van der Waals surface area contributed by atoms with Crippen molar-refractivity contribution in [2.24, 2.45) is 5.92 Å². The molecule has 0 saturated heterocycles. The van der Waals surface area contributed by atoms with Crippen molar-refractivity contribution in [3.63, 3.8) is 0 Å². The topological polar surface area (TPSA) is 35.5 Å². The van der Waals surface area contributed by atoms with E-state index in [0.717, 1.165) is 31.2 Å². The Kier molecular flexibility index (Phi) is 9.04. The average Bonchev–Trinajstić information content (AvgIpc) is 2.48. The lowest BCUT2D eigenvalue weighted by molar-refractivity contribution is 0.0525. The molecule has 3 heteroatoms. The van der Waals surface area contributed by atoms with Crippen LogP contribution in [0, 0.1) is 5.92 Å². The Labute approximate surface area is 134 Å². The fourth-order valence-corrected chi connectivity index (χ4v) is 2.08. The summed E-state index contributed by atoms with van der Waals surface area (Å²) in [5.41, 5.74) is 2.51. The molecule has 0 heterocycles. The van der Waals surface area contributed by atoms with Gasteiger partial charge >= 0.3 is 6.16 Å². The number of hydrogen-bond acceptors (Lipinski definition) is 3. The molecule has 0 N–H and O–H groups in total. The summed E-state index contributed by atoms with van der Waals surface area (Å²) in [6.45, 7) is 7.19. The number of carbonyl (C=O) groups excluding carboxylic acids is 1. The van der Waals surface area contributed by atoms with Crippen molar-refractivity contribution in [1.82, 2.24) is 0 Å². The zero-order chi connectivity index (χ0) is 16.2. The molecule has 122 valence electrons. The highest BCUT2D eigenvalue weighted by atomic mass is 16.7. The lowest BCUT2D eigenvalue weighted by Gasteiger charge is -2.11. The van der Waals surface area contributed by atoms with Crippen LogP contribution in [0.1, 0.15) is 45.6 Å². The van der Waals surface area contributed by atoms with Crippen LogP contribution in [-0.4, -0.2) is 19.4 Å². The molecule has 3 nitrogen and oxygen atoms in total. The molecular weight excluding hydrogens is 276 g/mol. The van der Waals surface area contributed by atoms with Crippen LogP contribution >= 0.6 is 0 Å². The fraction of sp³-hybridized carbons (Fsp3) is 0.526. The molecule has 1 rings (SSSR count). The lowest BCUT2D eigenvalue weighted by Crippen LogP contribution is -2.12. The monoisotopic (exact) mass is 304 g/mol. The van der Waals surface area contributed by atoms with E-state index in [9.17, 15) is 4.79 Å². The second-order valence-corrected chi connectivity index (χ2v) is 5.94. The Hall–Kier alpha value is -1.77. The van der Waals surface area contributed by atoms with Crippen molar-refractivity contribution >= 4 is 6.16 Å². The summed E-state index contributed by atoms with van der Waals surface area (Å²) in [5.74, 6) is 0.549. The maximum absolute atomic E-state index is 11.5. The van der Waals surface area contributed by atoms with Crippen LogP contribution < -0.4 is 0 Å². The second kappa shape index (κ2) is 10.9. The average molecular weight is 304 g/mol. The van der Waals surface area contributed by atoms with E-state index < -0.39 is 6.16 Å². The maximum atomic E-state index is 11.5. The second-order valence-electron chi connectivity index (χ2n) is 5.94. The van der Waals surface area contributed by atoms with Gasteiger partial charge in [-0.3, -0.25) is 0 Å². The van der Waals surface area contributed by atoms with Gasteiger partial charge in [-0.05, 0) is 44.6 Å². The SMILES string of the molecule is CC(C)=CCCC(C)CCOC(=O)OCCc1ccccc1. The third-order valence-electron chi connectivity index (χ3n) is 3.50. The minimum absolute atomic E-state index is 0.360. The number of hydrogen-bond donors (Lipinski definition) is 0. The molecule has 0 spiro atoms. The summed E-state index contributed by atoms with van der Waals surface area (Å²) in [7, 11) is 0. The minimum atomic E-state index is -0.563. The normalized spacial score (nSPS) is 11.6. The van der Waals surface area contributed by atoms with Crippen LogP contribution in [-0.2, 0) is 15.9 Å². The molecule has 0 saturated carbocycles. The third kappa shape index (κ3) is 9.22. The molecular formula is C19H28O3. The van der Waals surface area contributed by atoms with E-state index in [0.29, 0.717) is 19.1 Å². The minimum Gasteiger partial charge on any atom is -0.434 e. The molecule has 0 radical (unpaired) electrons. The summed E-state index contributed by atoms with van der Waals surface area (Å²) in [6.07, 6.45) is 5.49. The fourth-order valence-electron chi connectivity index (χ4n) is 2.08. The Bertz CT molecular complexity index is 447. The molecule has 0 aliphatic rings. The largest absolute Gasteiger partial charge is 0.508 e. The van der Waals surface area contributed by atoms with Crippen molar-refractivity contribution in [1.29, 1.82) is 0 Å². The molecule has 0 amide bonds. The highest BCUT2D eigenvalue weighted by Crippen LogP contribution is 2.12. The van der Waals surface area contributed by atoms with Gasteiger partial charge in [-0.2, -0.15) is 0 Å². The van der Waals surface area contributed by atoms with Gasteiger partial charge in [-0.1, -0.05) is 48.9 Å². The number of rotatable bonds is 9. The van der Waals surface area contributed by atoms with Gasteiger partial charge in [0.15, 0.2) is 0 Å². The molecule has 0 bridgehead atoms. The van der Waals surface area contributed by atoms with Crippen molar-refractivity contribution in [2.75, 3.05) is 13.2 Å². The van der Waals surface area contributed by atoms with E-state index in [1.54, 1.807) is 0 Å². The molecule has 0 fully saturated rings. The zero-order valence-corrected chi connectivity index (χ0v) is 14.0. The first kappa shape index (κ1) is 18.3. The van der Waals surface area contributed by atoms with E-state index in [1.807, 2.05) is 30.3 Å². The predicted octanol–water partition coefficient (Wildman–Crippen LogP) is 5.15. The van der Waals surface area contributed by atoms with E-state index in [2.05, 4.69) is 26.8 Å². The Morgan fingerprint density at radius 3 is 2.45 bits per heavy atom. The number of ether oxygens (including phenoxy) is 2. The van der Waals surface area contributed by atoms with Crippen LogP contribution in [0.3, 0.4) is 0 Å². The number of carbonyl (C=O) groups is 1. The van der Waals surface area contributed by atoms with Crippen molar-refractivity contribution in [3.05, 3.63) is 47.5 Å². The van der Waals surface area contributed by atoms with Crippen LogP contribution in [0.2, 0.25) is 0 Å². The summed E-state index contributed by atoms with van der Waals surface area (Å²) in [6, 6.07) is 9.96. The zero-order valence-electron chi connectivity index (χ0n) is 14.0. The van der Waals surface area contributed by atoms with E-state index in [1.165, 1.54) is 5.57 Å². The quantitative estimate of drug-likeness (QED) is 0.467. The van der Waals surface area contributed by atoms with Crippen molar-refractivity contribution in [2.45, 2.75) is 46.5 Å². The van der Waals surface area contributed by atoms with Crippen LogP contribution in [0.15, 0.2) is 42.0 Å². The molecule has 1 atom stereocenters. The first-order valence-corrected chi connectivity index (χ1v) is 8.04. The lowest BCUT2D eigenvalue weighted by atomic mass is 10.0. The summed E-state index contributed by atoms with van der Waals surface area (Å²) in [4.78, 5) is 11.5. The first-order chi connectivity index (χ1) is 10.6. The maximum Gasteiger partial charge on any atom is 0.508 e. The smallest absolute Gasteiger partial charge is 0.434 e. The van der Waals surface area contributed by atoms with E-state index >= 15 is 0 Å². The van der Waals surface area contributed by atoms with Gasteiger partial charge in [0.2, 0.25) is 0 Å². The molecule has 0 aliphatic heterocycles. The highest BCUT2D eigenvalue weighted by molar-refractivity contribution is 5.59. The van der Waals surface area contributed by atoms with Crippen LogP contribution in [0.25, 0.3) is 0 Å². The molecule has 0 aromatic heterocycles. The van der Waals surface area contributed by atoms with Crippen molar-refractivity contribution in [3.8, 4) is 0 Å². The Morgan fingerprint density at radius 1 is 1.09 bits per heavy atom. The van der Waals surface area contributed by atoms with Crippen molar-refractivity contribution < 1.29 is 14.3 Å². The van der Waals surface area contributed by atoms with Gasteiger partial charge in [-0.25, -0.2) is 4.79 Å². The third-order valence-corrected chi connectivity index (χ3v) is 3.50. The predicted molar refractivity (Wildman–Crippen MR) is 89.9 cm³/mol. The van der Waals surface area contributed by atoms with Gasteiger partial charge in [0, 0.05) is 6.42 Å². The number of benzene rings is 1. The van der Waals surface area contributed by atoms with Crippen LogP contribution in [0.4, 0.5) is 4.79 Å². The molecule has 1 aromatic rings. The summed E-state index contributed by atoms with van der Waals surface area (Å²) >= 11 is 0. The highest BCUT2D eigenvalue weighted by Gasteiger charge is 2.06. The molecule has 22 heavy (non-hydrogen) atoms. The van der Waals surface area contributed by atoms with E-state index in [4.69, 9.17) is 9.47 Å². The number of allylic oxidation sites excluding steroid dienone is 2. The Morgan fingerprint density at radius 2 is 1.77 bits per heavy atom. The molecule has 0 aliphatic carbocycles. The first-order valence-electron chi connectivity index (χ1n) is 8.04. The van der Waals surface area contributed by atoms with Gasteiger partial charge < -0.3 is 9.47 Å². The van der Waals surface area contributed by atoms with Gasteiger partial charge in [0.25, 0.3) is 0 Å². The summed E-state index contributed by atoms with van der Waals surface area (Å²) in [5, 5.41) is 0. The van der Waals surface area contributed by atoms with Gasteiger partial charge in [0.1, 0.15) is 0 Å². The van der Waals surface area contributed by atoms with E-state index in [-0.39, 0.29) is 0 Å². The van der Waals surface area contributed by atoms with Crippen LogP contribution in [0.5, 0.6) is 0 Å². The molecule has 1 unspecified atom stereocenters.